The zero-order valence-corrected chi connectivity index (χ0v) is 12.6. The lowest BCUT2D eigenvalue weighted by molar-refractivity contribution is -0.143. The molecule has 1 atom stereocenters. The third-order valence-corrected chi connectivity index (χ3v) is 3.94. The Morgan fingerprint density at radius 2 is 2.05 bits per heavy atom. The fourth-order valence-corrected chi connectivity index (χ4v) is 2.52. The quantitative estimate of drug-likeness (QED) is 0.887. The average molecular weight is 341 g/mol. The molecule has 2 amide bonds. The lowest BCUT2D eigenvalue weighted by Crippen LogP contribution is -2.46. The molecule has 1 aliphatic heterocycles. The van der Waals surface area contributed by atoms with Crippen molar-refractivity contribution >= 4 is 27.9 Å². The fraction of sp³-hybridized carbons (Fsp3) is 0.429. The van der Waals surface area contributed by atoms with Gasteiger partial charge < -0.3 is 15.3 Å². The van der Waals surface area contributed by atoms with Crippen LogP contribution >= 0.6 is 15.9 Å². The molecule has 5 nitrogen and oxygen atoms in total. The van der Waals surface area contributed by atoms with Crippen molar-refractivity contribution < 1.29 is 14.7 Å². The van der Waals surface area contributed by atoms with E-state index in [1.807, 2.05) is 24.3 Å². The number of urea groups is 1. The molecule has 1 saturated heterocycles. The van der Waals surface area contributed by atoms with Crippen LogP contribution in [0.1, 0.15) is 18.4 Å². The summed E-state index contributed by atoms with van der Waals surface area (Å²) < 4.78 is 0.993. The van der Waals surface area contributed by atoms with Crippen molar-refractivity contribution in [1.29, 1.82) is 0 Å². The number of carbonyl (C=O) groups excluding carboxylic acids is 1. The molecule has 0 aromatic heterocycles. The molecule has 2 rings (SSSR count). The van der Waals surface area contributed by atoms with Gasteiger partial charge in [-0.1, -0.05) is 28.1 Å². The van der Waals surface area contributed by atoms with Gasteiger partial charge in [0, 0.05) is 24.1 Å². The van der Waals surface area contributed by atoms with E-state index in [2.05, 4.69) is 21.2 Å². The van der Waals surface area contributed by atoms with E-state index in [4.69, 9.17) is 5.11 Å². The standard InChI is InChI=1S/C14H17BrN2O3/c15-12-5-3-10(4-6-12)8-16-14(20)17-7-1-2-11(9-17)13(18)19/h3-6,11H,1-2,7-9H2,(H,16,20)(H,18,19)/t11-/m0/s1. The molecule has 1 fully saturated rings. The third kappa shape index (κ3) is 3.96. The summed E-state index contributed by atoms with van der Waals surface area (Å²) in [5.74, 6) is -1.27. The van der Waals surface area contributed by atoms with Crippen LogP contribution in [0.2, 0.25) is 0 Å². The van der Waals surface area contributed by atoms with Crippen LogP contribution in [0.15, 0.2) is 28.7 Å². The van der Waals surface area contributed by atoms with E-state index in [9.17, 15) is 9.59 Å². The van der Waals surface area contributed by atoms with E-state index < -0.39 is 11.9 Å². The lowest BCUT2D eigenvalue weighted by atomic mass is 9.99. The number of amides is 2. The number of hydrogen-bond acceptors (Lipinski definition) is 2. The van der Waals surface area contributed by atoms with Gasteiger partial charge in [-0.3, -0.25) is 4.79 Å². The maximum absolute atomic E-state index is 12.0. The maximum atomic E-state index is 12.0. The van der Waals surface area contributed by atoms with Gasteiger partial charge in [0.25, 0.3) is 0 Å². The van der Waals surface area contributed by atoms with Crippen LogP contribution in [0.5, 0.6) is 0 Å². The SMILES string of the molecule is O=C(O)[C@H]1CCCN(C(=O)NCc2ccc(Br)cc2)C1. The van der Waals surface area contributed by atoms with Crippen molar-refractivity contribution in [3.63, 3.8) is 0 Å². The van der Waals surface area contributed by atoms with E-state index in [0.717, 1.165) is 16.5 Å². The normalized spacial score (nSPS) is 18.6. The van der Waals surface area contributed by atoms with Crippen molar-refractivity contribution in [2.24, 2.45) is 5.92 Å². The Morgan fingerprint density at radius 1 is 1.35 bits per heavy atom. The van der Waals surface area contributed by atoms with E-state index in [1.54, 1.807) is 4.90 Å². The molecule has 20 heavy (non-hydrogen) atoms. The topological polar surface area (TPSA) is 69.6 Å². The zero-order valence-electron chi connectivity index (χ0n) is 11.0. The van der Waals surface area contributed by atoms with Gasteiger partial charge in [0.1, 0.15) is 0 Å². The van der Waals surface area contributed by atoms with Crippen molar-refractivity contribution in [2.75, 3.05) is 13.1 Å². The molecule has 0 spiro atoms. The molecule has 2 N–H and O–H groups in total. The largest absolute Gasteiger partial charge is 0.481 e. The van der Waals surface area contributed by atoms with Crippen molar-refractivity contribution in [2.45, 2.75) is 19.4 Å². The van der Waals surface area contributed by atoms with Gasteiger partial charge in [-0.2, -0.15) is 0 Å². The molecular formula is C14H17BrN2O3. The Morgan fingerprint density at radius 3 is 2.70 bits per heavy atom. The number of aliphatic carboxylic acids is 1. The second-order valence-corrected chi connectivity index (χ2v) is 5.82. The highest BCUT2D eigenvalue weighted by Crippen LogP contribution is 2.16. The Kier molecular flexibility index (Phi) is 5.00. The zero-order chi connectivity index (χ0) is 14.5. The molecule has 1 aromatic rings. The number of halogens is 1. The second-order valence-electron chi connectivity index (χ2n) is 4.91. The monoisotopic (exact) mass is 340 g/mol. The minimum Gasteiger partial charge on any atom is -0.481 e. The average Bonchev–Trinajstić information content (AvgIpc) is 2.46. The van der Waals surface area contributed by atoms with Gasteiger partial charge in [0.15, 0.2) is 0 Å². The van der Waals surface area contributed by atoms with Crippen LogP contribution in [0.3, 0.4) is 0 Å². The van der Waals surface area contributed by atoms with Crippen molar-refractivity contribution in [3.05, 3.63) is 34.3 Å². The first kappa shape index (κ1) is 14.8. The van der Waals surface area contributed by atoms with Gasteiger partial charge >= 0.3 is 12.0 Å². The number of nitrogens with one attached hydrogen (secondary N) is 1. The predicted octanol–water partition coefficient (Wildman–Crippen LogP) is 2.46. The first-order valence-electron chi connectivity index (χ1n) is 6.56. The maximum Gasteiger partial charge on any atom is 0.317 e. The predicted molar refractivity (Wildman–Crippen MR) is 78.3 cm³/mol. The Bertz CT molecular complexity index is 490. The van der Waals surface area contributed by atoms with E-state index in [-0.39, 0.29) is 6.03 Å². The van der Waals surface area contributed by atoms with Gasteiger partial charge in [-0.15, -0.1) is 0 Å². The summed E-state index contributed by atoms with van der Waals surface area (Å²) in [6.07, 6.45) is 1.38. The van der Waals surface area contributed by atoms with Crippen LogP contribution in [0, 0.1) is 5.92 Å². The lowest BCUT2D eigenvalue weighted by Gasteiger charge is -2.30. The number of carbonyl (C=O) groups is 2. The summed E-state index contributed by atoms with van der Waals surface area (Å²) in [5.41, 5.74) is 1.01. The molecule has 0 unspecified atom stereocenters. The molecular weight excluding hydrogens is 324 g/mol. The molecule has 0 radical (unpaired) electrons. The molecule has 1 heterocycles. The minimum absolute atomic E-state index is 0.195. The van der Waals surface area contributed by atoms with E-state index in [0.29, 0.717) is 26.1 Å². The van der Waals surface area contributed by atoms with Gasteiger partial charge in [-0.05, 0) is 30.5 Å². The van der Waals surface area contributed by atoms with Crippen LogP contribution in [-0.2, 0) is 11.3 Å². The highest BCUT2D eigenvalue weighted by atomic mass is 79.9. The summed E-state index contributed by atoms with van der Waals surface area (Å²) in [7, 11) is 0. The fourth-order valence-electron chi connectivity index (χ4n) is 2.25. The van der Waals surface area contributed by atoms with Crippen LogP contribution in [-0.4, -0.2) is 35.1 Å². The summed E-state index contributed by atoms with van der Waals surface area (Å²) in [4.78, 5) is 24.6. The highest BCUT2D eigenvalue weighted by molar-refractivity contribution is 9.10. The second kappa shape index (κ2) is 6.74. The van der Waals surface area contributed by atoms with Crippen LogP contribution < -0.4 is 5.32 Å². The van der Waals surface area contributed by atoms with Crippen LogP contribution in [0.25, 0.3) is 0 Å². The molecule has 1 aliphatic rings. The Labute approximate surface area is 126 Å². The number of likely N-dealkylation sites (tertiary alicyclic amines) is 1. The Hall–Kier alpha value is -1.56. The summed E-state index contributed by atoms with van der Waals surface area (Å²) >= 11 is 3.36. The molecule has 108 valence electrons. The van der Waals surface area contributed by atoms with Gasteiger partial charge in [-0.25, -0.2) is 4.79 Å². The number of hydrogen-bond donors (Lipinski definition) is 2. The minimum atomic E-state index is -0.824. The molecule has 6 heteroatoms. The third-order valence-electron chi connectivity index (χ3n) is 3.41. The van der Waals surface area contributed by atoms with Gasteiger partial charge in [0.2, 0.25) is 0 Å². The number of carboxylic acid groups (broad SMARTS) is 1. The van der Waals surface area contributed by atoms with Crippen molar-refractivity contribution in [3.8, 4) is 0 Å². The smallest absolute Gasteiger partial charge is 0.317 e. The molecule has 0 aliphatic carbocycles. The summed E-state index contributed by atoms with van der Waals surface area (Å²) in [6.45, 7) is 1.36. The number of piperidine rings is 1. The number of benzene rings is 1. The highest BCUT2D eigenvalue weighted by Gasteiger charge is 2.27. The number of carboxylic acids is 1. The van der Waals surface area contributed by atoms with E-state index in [1.165, 1.54) is 0 Å². The first-order chi connectivity index (χ1) is 9.56. The summed E-state index contributed by atoms with van der Waals surface area (Å²) in [6, 6.07) is 7.51. The summed E-state index contributed by atoms with van der Waals surface area (Å²) in [5, 5.41) is 11.8. The molecule has 0 saturated carbocycles. The van der Waals surface area contributed by atoms with E-state index >= 15 is 0 Å². The van der Waals surface area contributed by atoms with Crippen LogP contribution in [0.4, 0.5) is 4.79 Å². The number of nitrogens with zero attached hydrogens (tertiary/aromatic N) is 1. The van der Waals surface area contributed by atoms with Gasteiger partial charge in [0.05, 0.1) is 5.92 Å². The first-order valence-corrected chi connectivity index (χ1v) is 7.35. The van der Waals surface area contributed by atoms with Crippen molar-refractivity contribution in [1.82, 2.24) is 10.2 Å². The molecule has 1 aromatic carbocycles. The molecule has 0 bridgehead atoms. The number of rotatable bonds is 3. The Balaban J connectivity index is 1.85.